The maximum atomic E-state index is 11.8. The molecule has 27 heavy (non-hydrogen) atoms. The SMILES string of the molecule is O=C(O)COc1ccccc1COc1cccc(C=C2SC(=S)NC2=O)c1. The molecule has 3 rings (SSSR count). The molecule has 0 aromatic heterocycles. The summed E-state index contributed by atoms with van der Waals surface area (Å²) < 4.78 is 11.5. The molecule has 0 bridgehead atoms. The first-order valence-electron chi connectivity index (χ1n) is 7.91. The average Bonchev–Trinajstić information content (AvgIpc) is 2.96. The molecule has 0 radical (unpaired) electrons. The van der Waals surface area contributed by atoms with Crippen LogP contribution in [-0.2, 0) is 16.2 Å². The number of aliphatic carboxylic acids is 1. The van der Waals surface area contributed by atoms with Gasteiger partial charge in [-0.15, -0.1) is 0 Å². The Kier molecular flexibility index (Phi) is 6.10. The molecule has 2 aromatic rings. The number of thiocarbonyl (C=S) groups is 1. The van der Waals surface area contributed by atoms with Crippen LogP contribution in [0.15, 0.2) is 53.4 Å². The normalized spacial score (nSPS) is 14.9. The van der Waals surface area contributed by atoms with E-state index in [0.717, 1.165) is 11.1 Å². The van der Waals surface area contributed by atoms with Crippen LogP contribution >= 0.6 is 24.0 Å². The first kappa shape index (κ1) is 18.9. The molecule has 2 N–H and O–H groups in total. The molecule has 6 nitrogen and oxygen atoms in total. The minimum Gasteiger partial charge on any atom is -0.489 e. The summed E-state index contributed by atoms with van der Waals surface area (Å²) in [5.74, 6) is -0.172. The Labute approximate surface area is 165 Å². The predicted molar refractivity (Wildman–Crippen MR) is 107 cm³/mol. The quantitative estimate of drug-likeness (QED) is 0.544. The molecule has 0 atom stereocenters. The van der Waals surface area contributed by atoms with Crippen molar-refractivity contribution in [2.24, 2.45) is 0 Å². The zero-order valence-corrected chi connectivity index (χ0v) is 15.6. The number of carboxylic acid groups (broad SMARTS) is 1. The Balaban J connectivity index is 1.69. The van der Waals surface area contributed by atoms with Crippen molar-refractivity contribution in [3.05, 3.63) is 64.6 Å². The molecule has 138 valence electrons. The number of para-hydroxylation sites is 1. The zero-order valence-electron chi connectivity index (χ0n) is 14.0. The van der Waals surface area contributed by atoms with Gasteiger partial charge >= 0.3 is 5.97 Å². The van der Waals surface area contributed by atoms with Gasteiger partial charge in [-0.25, -0.2) is 4.79 Å². The number of carboxylic acids is 1. The van der Waals surface area contributed by atoms with E-state index in [1.54, 1.807) is 24.3 Å². The van der Waals surface area contributed by atoms with Crippen LogP contribution in [0.5, 0.6) is 11.5 Å². The average molecular weight is 401 g/mol. The smallest absolute Gasteiger partial charge is 0.341 e. The molecule has 1 heterocycles. The second-order valence-electron chi connectivity index (χ2n) is 5.50. The summed E-state index contributed by atoms with van der Waals surface area (Å²) in [7, 11) is 0. The zero-order chi connectivity index (χ0) is 19.2. The van der Waals surface area contributed by atoms with Gasteiger partial charge in [-0.1, -0.05) is 54.3 Å². The number of hydrogen-bond acceptors (Lipinski definition) is 6. The van der Waals surface area contributed by atoms with Crippen LogP contribution in [0.25, 0.3) is 6.08 Å². The Bertz CT molecular complexity index is 926. The number of benzene rings is 2. The van der Waals surface area contributed by atoms with Crippen LogP contribution in [0.4, 0.5) is 0 Å². The molecule has 0 aliphatic carbocycles. The fraction of sp³-hybridized carbons (Fsp3) is 0.105. The van der Waals surface area contributed by atoms with Crippen molar-refractivity contribution < 1.29 is 24.2 Å². The van der Waals surface area contributed by atoms with Crippen LogP contribution in [0.2, 0.25) is 0 Å². The standard InChI is InChI=1S/C19H15NO5S2/c21-17(22)11-25-15-7-2-1-5-13(15)10-24-14-6-3-4-12(8-14)9-16-18(23)20-19(26)27-16/h1-9H,10-11H2,(H,21,22)(H,20,23,26). The van der Waals surface area contributed by atoms with Crippen molar-refractivity contribution in [3.8, 4) is 11.5 Å². The highest BCUT2D eigenvalue weighted by Crippen LogP contribution is 2.27. The van der Waals surface area contributed by atoms with Crippen LogP contribution < -0.4 is 14.8 Å². The van der Waals surface area contributed by atoms with Crippen molar-refractivity contribution in [1.29, 1.82) is 0 Å². The van der Waals surface area contributed by atoms with Gasteiger partial charge in [0.05, 0.1) is 4.91 Å². The molecule has 1 amide bonds. The van der Waals surface area contributed by atoms with Gasteiger partial charge in [-0.2, -0.15) is 0 Å². The van der Waals surface area contributed by atoms with Crippen LogP contribution in [-0.4, -0.2) is 27.9 Å². The molecule has 1 aliphatic rings. The van der Waals surface area contributed by atoms with E-state index in [1.165, 1.54) is 11.8 Å². The molecule has 8 heteroatoms. The lowest BCUT2D eigenvalue weighted by Crippen LogP contribution is -2.17. The van der Waals surface area contributed by atoms with E-state index >= 15 is 0 Å². The first-order chi connectivity index (χ1) is 13.0. The van der Waals surface area contributed by atoms with Gasteiger partial charge in [-0.05, 0) is 29.8 Å². The fourth-order valence-corrected chi connectivity index (χ4v) is 3.38. The third kappa shape index (κ3) is 5.32. The van der Waals surface area contributed by atoms with Crippen LogP contribution in [0.3, 0.4) is 0 Å². The molecule has 0 spiro atoms. The van der Waals surface area contributed by atoms with Gasteiger partial charge < -0.3 is 19.9 Å². The fourth-order valence-electron chi connectivity index (χ4n) is 2.33. The number of rotatable bonds is 7. The maximum Gasteiger partial charge on any atom is 0.341 e. The number of hydrogen-bond donors (Lipinski definition) is 2. The number of nitrogens with one attached hydrogen (secondary N) is 1. The van der Waals surface area contributed by atoms with Gasteiger partial charge in [0.15, 0.2) is 6.61 Å². The van der Waals surface area contributed by atoms with E-state index in [9.17, 15) is 9.59 Å². The van der Waals surface area contributed by atoms with Gasteiger partial charge in [0.25, 0.3) is 5.91 Å². The van der Waals surface area contributed by atoms with E-state index in [0.29, 0.717) is 20.7 Å². The number of ether oxygens (including phenoxy) is 2. The van der Waals surface area contributed by atoms with Crippen molar-refractivity contribution in [2.45, 2.75) is 6.61 Å². The molecule has 0 unspecified atom stereocenters. The largest absolute Gasteiger partial charge is 0.489 e. The van der Waals surface area contributed by atoms with E-state index in [-0.39, 0.29) is 12.5 Å². The first-order valence-corrected chi connectivity index (χ1v) is 9.14. The Morgan fingerprint density at radius 1 is 1.19 bits per heavy atom. The van der Waals surface area contributed by atoms with Gasteiger partial charge in [0.1, 0.15) is 22.4 Å². The van der Waals surface area contributed by atoms with Gasteiger partial charge in [0.2, 0.25) is 0 Å². The van der Waals surface area contributed by atoms with Crippen LogP contribution in [0.1, 0.15) is 11.1 Å². The minimum absolute atomic E-state index is 0.208. The molecule has 1 saturated heterocycles. The topological polar surface area (TPSA) is 84.9 Å². The van der Waals surface area contributed by atoms with E-state index in [1.807, 2.05) is 30.3 Å². The summed E-state index contributed by atoms with van der Waals surface area (Å²) in [6.07, 6.45) is 1.75. The minimum atomic E-state index is -1.04. The molecule has 1 fully saturated rings. The van der Waals surface area contributed by atoms with Crippen molar-refractivity contribution in [1.82, 2.24) is 5.32 Å². The second kappa shape index (κ2) is 8.70. The summed E-state index contributed by atoms with van der Waals surface area (Å²) in [5, 5.41) is 11.3. The summed E-state index contributed by atoms with van der Waals surface area (Å²) in [6, 6.07) is 14.4. The van der Waals surface area contributed by atoms with Gasteiger partial charge in [0, 0.05) is 5.56 Å². The molecule has 0 saturated carbocycles. The summed E-state index contributed by atoms with van der Waals surface area (Å²) in [5.41, 5.74) is 1.55. The second-order valence-corrected chi connectivity index (χ2v) is 7.22. The highest BCUT2D eigenvalue weighted by molar-refractivity contribution is 8.26. The lowest BCUT2D eigenvalue weighted by atomic mass is 10.2. The molecular weight excluding hydrogens is 386 g/mol. The number of thioether (sulfide) groups is 1. The van der Waals surface area contributed by atoms with Crippen LogP contribution in [0, 0.1) is 0 Å². The third-order valence-corrected chi connectivity index (χ3v) is 4.68. The van der Waals surface area contributed by atoms with Crippen molar-refractivity contribution >= 4 is 46.3 Å². The maximum absolute atomic E-state index is 11.8. The molecule has 1 aliphatic heterocycles. The van der Waals surface area contributed by atoms with Crippen molar-refractivity contribution in [3.63, 3.8) is 0 Å². The Hall–Kier alpha value is -2.84. The number of carbonyl (C=O) groups is 2. The highest BCUT2D eigenvalue weighted by Gasteiger charge is 2.21. The van der Waals surface area contributed by atoms with Gasteiger partial charge in [-0.3, -0.25) is 4.79 Å². The molecular formula is C19H15NO5S2. The summed E-state index contributed by atoms with van der Waals surface area (Å²) >= 11 is 6.20. The number of carbonyl (C=O) groups excluding carboxylic acids is 1. The third-order valence-electron chi connectivity index (χ3n) is 3.52. The monoisotopic (exact) mass is 401 g/mol. The van der Waals surface area contributed by atoms with E-state index in [4.69, 9.17) is 26.8 Å². The lowest BCUT2D eigenvalue weighted by Gasteiger charge is -2.11. The summed E-state index contributed by atoms with van der Waals surface area (Å²) in [4.78, 5) is 23.0. The summed E-state index contributed by atoms with van der Waals surface area (Å²) in [6.45, 7) is -0.198. The molecule has 2 aromatic carbocycles. The Morgan fingerprint density at radius 2 is 2.00 bits per heavy atom. The highest BCUT2D eigenvalue weighted by atomic mass is 32.2. The Morgan fingerprint density at radius 3 is 2.74 bits per heavy atom. The predicted octanol–water partition coefficient (Wildman–Crippen LogP) is 3.22. The van der Waals surface area contributed by atoms with E-state index in [2.05, 4.69) is 5.32 Å². The van der Waals surface area contributed by atoms with Crippen molar-refractivity contribution in [2.75, 3.05) is 6.61 Å². The van der Waals surface area contributed by atoms with E-state index < -0.39 is 12.6 Å². The lowest BCUT2D eigenvalue weighted by molar-refractivity contribution is -0.139. The number of amides is 1.